The zero-order chi connectivity index (χ0) is 10.1. The fourth-order valence-corrected chi connectivity index (χ4v) is 1.62. The molecule has 1 saturated heterocycles. The first kappa shape index (κ1) is 9.15. The van der Waals surface area contributed by atoms with Crippen LogP contribution in [0, 0.1) is 0 Å². The van der Waals surface area contributed by atoms with Gasteiger partial charge in [-0.2, -0.15) is 0 Å². The second kappa shape index (κ2) is 3.38. The van der Waals surface area contributed by atoms with Crippen molar-refractivity contribution >= 4 is 23.5 Å². The van der Waals surface area contributed by atoms with E-state index in [0.717, 1.165) is 0 Å². The van der Waals surface area contributed by atoms with E-state index in [0.29, 0.717) is 5.56 Å². The minimum Gasteiger partial charge on any atom is -0.393 e. The monoisotopic (exact) mass is 211 g/mol. The highest BCUT2D eigenvalue weighted by Gasteiger charge is 2.35. The topological polar surface area (TPSA) is 56.3 Å². The smallest absolute Gasteiger partial charge is 0.321 e. The van der Waals surface area contributed by atoms with Crippen LogP contribution in [0.4, 0.5) is 0 Å². The quantitative estimate of drug-likeness (QED) is 0.399. The number of pyridine rings is 1. The van der Waals surface area contributed by atoms with Gasteiger partial charge in [-0.15, -0.1) is 0 Å². The first-order valence-electron chi connectivity index (χ1n) is 4.03. The van der Waals surface area contributed by atoms with Crippen LogP contribution in [0.15, 0.2) is 18.3 Å². The molecule has 1 fully saturated rings. The van der Waals surface area contributed by atoms with Gasteiger partial charge >= 0.3 is 11.9 Å². The summed E-state index contributed by atoms with van der Waals surface area (Å²) in [4.78, 5) is 25.9. The molecule has 5 heteroatoms. The van der Waals surface area contributed by atoms with Gasteiger partial charge in [0, 0.05) is 11.8 Å². The van der Waals surface area contributed by atoms with Gasteiger partial charge in [-0.1, -0.05) is 17.7 Å². The summed E-state index contributed by atoms with van der Waals surface area (Å²) in [6.45, 7) is 0. The number of halogens is 1. The molecule has 2 rings (SSSR count). The highest BCUT2D eigenvalue weighted by molar-refractivity contribution is 6.30. The normalized spacial score (nSPS) is 21.1. The van der Waals surface area contributed by atoms with Gasteiger partial charge < -0.3 is 4.74 Å². The molecule has 1 aromatic rings. The molecule has 0 spiro atoms. The Balaban J connectivity index is 2.36. The molecule has 0 bridgehead atoms. The van der Waals surface area contributed by atoms with E-state index in [1.165, 1.54) is 6.20 Å². The lowest BCUT2D eigenvalue weighted by Crippen LogP contribution is -2.06. The van der Waals surface area contributed by atoms with Crippen LogP contribution < -0.4 is 0 Å². The number of carbonyl (C=O) groups is 2. The molecule has 0 aliphatic carbocycles. The molecule has 1 aliphatic rings. The maximum Gasteiger partial charge on any atom is 0.321 e. The Kier molecular flexibility index (Phi) is 2.21. The summed E-state index contributed by atoms with van der Waals surface area (Å²) in [6, 6.07) is 3.33. The van der Waals surface area contributed by atoms with Crippen molar-refractivity contribution in [1.82, 2.24) is 4.98 Å². The molecule has 0 aromatic carbocycles. The second-order valence-electron chi connectivity index (χ2n) is 2.93. The average molecular weight is 212 g/mol. The van der Waals surface area contributed by atoms with Gasteiger partial charge in [-0.05, 0) is 6.07 Å². The van der Waals surface area contributed by atoms with Crippen LogP contribution in [0.2, 0.25) is 5.15 Å². The molecule has 0 N–H and O–H groups in total. The molecule has 4 nitrogen and oxygen atoms in total. The number of rotatable bonds is 1. The Labute approximate surface area is 84.8 Å². The number of hydrogen-bond donors (Lipinski definition) is 0. The van der Waals surface area contributed by atoms with Gasteiger partial charge in [0.05, 0.1) is 12.3 Å². The second-order valence-corrected chi connectivity index (χ2v) is 3.29. The summed E-state index contributed by atoms with van der Waals surface area (Å²) >= 11 is 5.79. The van der Waals surface area contributed by atoms with Crippen LogP contribution in [0.5, 0.6) is 0 Å². The summed E-state index contributed by atoms with van der Waals surface area (Å²) < 4.78 is 4.42. The van der Waals surface area contributed by atoms with Crippen molar-refractivity contribution < 1.29 is 14.3 Å². The lowest BCUT2D eigenvalue weighted by atomic mass is 10.00. The molecule has 0 radical (unpaired) electrons. The van der Waals surface area contributed by atoms with E-state index in [1.807, 2.05) is 0 Å². The maximum atomic E-state index is 11.2. The summed E-state index contributed by atoms with van der Waals surface area (Å²) in [5, 5.41) is 0.240. The van der Waals surface area contributed by atoms with Crippen molar-refractivity contribution in [2.75, 3.05) is 0 Å². The standard InChI is InChI=1S/C9H6ClNO3/c10-8-5(2-1-3-11-8)6-4-7(12)14-9(6)13/h1-3,6H,4H2. The first-order chi connectivity index (χ1) is 6.68. The van der Waals surface area contributed by atoms with Gasteiger partial charge in [0.2, 0.25) is 0 Å². The van der Waals surface area contributed by atoms with Crippen molar-refractivity contribution in [1.29, 1.82) is 0 Å². The minimum absolute atomic E-state index is 0.0459. The molecule has 0 saturated carbocycles. The summed E-state index contributed by atoms with van der Waals surface area (Å²) in [7, 11) is 0. The van der Waals surface area contributed by atoms with E-state index < -0.39 is 17.9 Å². The van der Waals surface area contributed by atoms with E-state index >= 15 is 0 Å². The zero-order valence-electron chi connectivity index (χ0n) is 7.07. The Hall–Kier alpha value is -1.42. The lowest BCUT2D eigenvalue weighted by Gasteiger charge is -2.05. The molecule has 1 unspecified atom stereocenters. The molecule has 1 aliphatic heterocycles. The molecule has 1 atom stereocenters. The molecular weight excluding hydrogens is 206 g/mol. The molecule has 14 heavy (non-hydrogen) atoms. The average Bonchev–Trinajstić information content (AvgIpc) is 2.46. The molecule has 0 amide bonds. The largest absolute Gasteiger partial charge is 0.393 e. The van der Waals surface area contributed by atoms with Crippen molar-refractivity contribution in [3.05, 3.63) is 29.0 Å². The van der Waals surface area contributed by atoms with Crippen LogP contribution in [0.25, 0.3) is 0 Å². The molecule has 72 valence electrons. The van der Waals surface area contributed by atoms with Crippen molar-refractivity contribution in [2.24, 2.45) is 0 Å². The van der Waals surface area contributed by atoms with E-state index in [1.54, 1.807) is 12.1 Å². The number of hydrogen-bond acceptors (Lipinski definition) is 4. The van der Waals surface area contributed by atoms with Crippen molar-refractivity contribution in [3.63, 3.8) is 0 Å². The number of cyclic esters (lactones) is 2. The predicted molar refractivity (Wildman–Crippen MR) is 47.7 cm³/mol. The summed E-state index contributed by atoms with van der Waals surface area (Å²) in [6.07, 6.45) is 1.57. The van der Waals surface area contributed by atoms with E-state index in [4.69, 9.17) is 11.6 Å². The Morgan fingerprint density at radius 2 is 2.29 bits per heavy atom. The number of aromatic nitrogens is 1. The number of esters is 2. The third-order valence-corrected chi connectivity index (χ3v) is 2.35. The maximum absolute atomic E-state index is 11.2. The number of nitrogens with zero attached hydrogens (tertiary/aromatic N) is 1. The lowest BCUT2D eigenvalue weighted by molar-refractivity contribution is -0.152. The Morgan fingerprint density at radius 1 is 1.50 bits per heavy atom. The fourth-order valence-electron chi connectivity index (χ4n) is 1.37. The predicted octanol–water partition coefficient (Wildman–Crippen LogP) is 1.29. The molecule has 1 aromatic heterocycles. The van der Waals surface area contributed by atoms with Crippen molar-refractivity contribution in [2.45, 2.75) is 12.3 Å². The summed E-state index contributed by atoms with van der Waals surface area (Å²) in [5.41, 5.74) is 0.546. The van der Waals surface area contributed by atoms with E-state index in [-0.39, 0.29) is 11.6 Å². The molecular formula is C9H6ClNO3. The third kappa shape index (κ3) is 1.48. The number of ether oxygens (including phenoxy) is 1. The van der Waals surface area contributed by atoms with Gasteiger partial charge in [0.25, 0.3) is 0 Å². The van der Waals surface area contributed by atoms with Crippen LogP contribution in [0.1, 0.15) is 17.9 Å². The van der Waals surface area contributed by atoms with Crippen LogP contribution >= 0.6 is 11.6 Å². The fraction of sp³-hybridized carbons (Fsp3) is 0.222. The van der Waals surface area contributed by atoms with Gasteiger partial charge in [-0.25, -0.2) is 4.98 Å². The van der Waals surface area contributed by atoms with E-state index in [2.05, 4.69) is 9.72 Å². The van der Waals surface area contributed by atoms with Crippen LogP contribution in [0.3, 0.4) is 0 Å². The zero-order valence-corrected chi connectivity index (χ0v) is 7.82. The van der Waals surface area contributed by atoms with Gasteiger partial charge in [-0.3, -0.25) is 9.59 Å². The summed E-state index contributed by atoms with van der Waals surface area (Å²) in [5.74, 6) is -1.66. The van der Waals surface area contributed by atoms with Crippen molar-refractivity contribution in [3.8, 4) is 0 Å². The number of carbonyl (C=O) groups excluding carboxylic acids is 2. The SMILES string of the molecule is O=C1CC(c2cccnc2Cl)C(=O)O1. The highest BCUT2D eigenvalue weighted by atomic mass is 35.5. The van der Waals surface area contributed by atoms with E-state index in [9.17, 15) is 9.59 Å². The Morgan fingerprint density at radius 3 is 2.86 bits per heavy atom. The third-order valence-electron chi connectivity index (χ3n) is 2.03. The minimum atomic E-state index is -0.594. The van der Waals surface area contributed by atoms with Crippen LogP contribution in [-0.2, 0) is 14.3 Å². The molecule has 2 heterocycles. The van der Waals surface area contributed by atoms with Gasteiger partial charge in [0.1, 0.15) is 5.15 Å². The van der Waals surface area contributed by atoms with Crippen LogP contribution in [-0.4, -0.2) is 16.9 Å². The first-order valence-corrected chi connectivity index (χ1v) is 4.41. The highest BCUT2D eigenvalue weighted by Crippen LogP contribution is 2.30. The Bertz CT molecular complexity index is 405. The van der Waals surface area contributed by atoms with Gasteiger partial charge in [0.15, 0.2) is 0 Å².